The van der Waals surface area contributed by atoms with Gasteiger partial charge in [0.05, 0.1) is 24.0 Å². The summed E-state index contributed by atoms with van der Waals surface area (Å²) in [6, 6.07) is 5.09. The average molecular weight is 304 g/mol. The summed E-state index contributed by atoms with van der Waals surface area (Å²) in [5.41, 5.74) is 1.26. The van der Waals surface area contributed by atoms with Crippen LogP contribution in [0.15, 0.2) is 41.7 Å². The number of nitrogens with one attached hydrogen (secondary N) is 2. The number of anilines is 1. The summed E-state index contributed by atoms with van der Waals surface area (Å²) in [7, 11) is 1.53. The molecule has 0 aliphatic rings. The number of benzene rings is 1. The molecular formula is C15H14F2N4O. The lowest BCUT2D eigenvalue weighted by atomic mass is 10.2. The maximum atomic E-state index is 13.0. The van der Waals surface area contributed by atoms with E-state index in [2.05, 4.69) is 20.6 Å². The number of aromatic nitrogens is 1. The van der Waals surface area contributed by atoms with Crippen molar-refractivity contribution in [1.82, 2.24) is 10.3 Å². The Bertz CT molecular complexity index is 704. The molecular weight excluding hydrogens is 290 g/mol. The molecule has 0 radical (unpaired) electrons. The smallest absolute Gasteiger partial charge is 0.253 e. The predicted molar refractivity (Wildman–Crippen MR) is 80.6 cm³/mol. The lowest BCUT2D eigenvalue weighted by Crippen LogP contribution is -2.18. The molecule has 0 unspecified atom stereocenters. The molecule has 0 saturated heterocycles. The minimum Gasteiger partial charge on any atom is -0.380 e. The van der Waals surface area contributed by atoms with Gasteiger partial charge in [-0.2, -0.15) is 0 Å². The first-order chi connectivity index (χ1) is 10.6. The Balaban J connectivity index is 2.01. The Morgan fingerprint density at radius 2 is 2.14 bits per heavy atom. The number of carbonyl (C=O) groups is 1. The maximum Gasteiger partial charge on any atom is 0.253 e. The van der Waals surface area contributed by atoms with Crippen LogP contribution in [0.25, 0.3) is 0 Å². The number of rotatable bonds is 5. The van der Waals surface area contributed by atoms with Crippen LogP contribution < -0.4 is 10.6 Å². The Labute approximate surface area is 126 Å². The zero-order chi connectivity index (χ0) is 15.9. The van der Waals surface area contributed by atoms with Crippen molar-refractivity contribution in [3.8, 4) is 0 Å². The van der Waals surface area contributed by atoms with Gasteiger partial charge in [0.25, 0.3) is 5.91 Å². The largest absolute Gasteiger partial charge is 0.380 e. The van der Waals surface area contributed by atoms with Crippen molar-refractivity contribution < 1.29 is 13.6 Å². The summed E-state index contributed by atoms with van der Waals surface area (Å²) in [6.45, 7) is 0.285. The van der Waals surface area contributed by atoms with Crippen LogP contribution in [0.1, 0.15) is 10.4 Å². The maximum absolute atomic E-state index is 13.0. The quantitative estimate of drug-likeness (QED) is 0.834. The normalized spacial score (nSPS) is 10.7. The van der Waals surface area contributed by atoms with Gasteiger partial charge < -0.3 is 10.6 Å². The molecule has 7 heteroatoms. The van der Waals surface area contributed by atoms with E-state index in [0.717, 1.165) is 12.1 Å². The molecule has 0 fully saturated rings. The second-order valence-corrected chi connectivity index (χ2v) is 4.29. The van der Waals surface area contributed by atoms with E-state index in [9.17, 15) is 13.6 Å². The Morgan fingerprint density at radius 1 is 1.32 bits per heavy atom. The third kappa shape index (κ3) is 3.85. The van der Waals surface area contributed by atoms with Gasteiger partial charge in [-0.15, -0.1) is 0 Å². The third-order valence-corrected chi connectivity index (χ3v) is 2.82. The fraction of sp³-hybridized carbons (Fsp3) is 0.133. The van der Waals surface area contributed by atoms with Crippen molar-refractivity contribution in [1.29, 1.82) is 0 Å². The summed E-state index contributed by atoms with van der Waals surface area (Å²) in [4.78, 5) is 19.7. The topological polar surface area (TPSA) is 66.4 Å². The van der Waals surface area contributed by atoms with Gasteiger partial charge in [0.1, 0.15) is 0 Å². The zero-order valence-corrected chi connectivity index (χ0v) is 11.8. The molecule has 0 aliphatic heterocycles. The molecule has 0 atom stereocenters. The van der Waals surface area contributed by atoms with Crippen molar-refractivity contribution in [2.45, 2.75) is 0 Å². The van der Waals surface area contributed by atoms with Gasteiger partial charge >= 0.3 is 0 Å². The second kappa shape index (κ2) is 7.26. The minimum absolute atomic E-state index is 0.261. The number of amides is 1. The first kappa shape index (κ1) is 15.6. The molecule has 1 heterocycles. The molecule has 1 aromatic heterocycles. The van der Waals surface area contributed by atoms with E-state index in [1.165, 1.54) is 31.7 Å². The molecule has 2 aromatic rings. The van der Waals surface area contributed by atoms with Crippen molar-refractivity contribution >= 4 is 23.5 Å². The average Bonchev–Trinajstić information content (AvgIpc) is 2.54. The molecule has 2 rings (SSSR count). The van der Waals surface area contributed by atoms with Gasteiger partial charge in [-0.1, -0.05) is 0 Å². The van der Waals surface area contributed by atoms with E-state index in [-0.39, 0.29) is 12.5 Å². The number of hydrogen-bond acceptors (Lipinski definition) is 4. The SMILES string of the molecule is CNC(=O)c1ccncc1N=CCNc1ccc(F)c(F)c1. The highest BCUT2D eigenvalue weighted by Gasteiger charge is 2.08. The number of pyridine rings is 1. The number of hydrogen-bond donors (Lipinski definition) is 2. The van der Waals surface area contributed by atoms with Gasteiger partial charge in [0.2, 0.25) is 0 Å². The summed E-state index contributed by atoms with van der Waals surface area (Å²) < 4.78 is 25.8. The molecule has 22 heavy (non-hydrogen) atoms. The third-order valence-electron chi connectivity index (χ3n) is 2.82. The summed E-state index contributed by atoms with van der Waals surface area (Å²) in [6.07, 6.45) is 4.49. The molecule has 114 valence electrons. The predicted octanol–water partition coefficient (Wildman–Crippen LogP) is 2.53. The highest BCUT2D eigenvalue weighted by molar-refractivity contribution is 5.99. The van der Waals surface area contributed by atoms with Crippen LogP contribution >= 0.6 is 0 Å². The fourth-order valence-corrected chi connectivity index (χ4v) is 1.73. The van der Waals surface area contributed by atoms with Crippen molar-refractivity contribution in [2.24, 2.45) is 4.99 Å². The number of nitrogens with zero attached hydrogens (tertiary/aromatic N) is 2. The Kier molecular flexibility index (Phi) is 5.13. The molecule has 2 N–H and O–H groups in total. The van der Waals surface area contributed by atoms with Gasteiger partial charge in [-0.25, -0.2) is 8.78 Å². The summed E-state index contributed by atoms with van der Waals surface area (Å²) in [5, 5.41) is 5.38. The highest BCUT2D eigenvalue weighted by Crippen LogP contribution is 2.16. The molecule has 0 aliphatic carbocycles. The fourth-order valence-electron chi connectivity index (χ4n) is 1.73. The van der Waals surface area contributed by atoms with E-state index in [0.29, 0.717) is 16.9 Å². The Hall–Kier alpha value is -2.83. The lowest BCUT2D eigenvalue weighted by Gasteiger charge is -2.04. The van der Waals surface area contributed by atoms with E-state index >= 15 is 0 Å². The van der Waals surface area contributed by atoms with E-state index in [1.54, 1.807) is 6.07 Å². The van der Waals surface area contributed by atoms with Crippen LogP contribution in [-0.2, 0) is 0 Å². The standard InChI is InChI=1S/C15H14F2N4O/c1-18-15(22)11-4-5-19-9-14(11)21-7-6-20-10-2-3-12(16)13(17)8-10/h2-5,7-9,20H,6H2,1H3,(H,18,22). The monoisotopic (exact) mass is 304 g/mol. The number of aliphatic imine (C=N–C) groups is 1. The summed E-state index contributed by atoms with van der Waals surface area (Å²) in [5.74, 6) is -2.08. The van der Waals surface area contributed by atoms with E-state index in [4.69, 9.17) is 0 Å². The van der Waals surface area contributed by atoms with E-state index < -0.39 is 11.6 Å². The van der Waals surface area contributed by atoms with Crippen LogP contribution in [0.3, 0.4) is 0 Å². The number of carbonyl (C=O) groups excluding carboxylic acids is 1. The van der Waals surface area contributed by atoms with Crippen molar-refractivity contribution in [2.75, 3.05) is 18.9 Å². The van der Waals surface area contributed by atoms with Crippen LogP contribution in [-0.4, -0.2) is 30.7 Å². The van der Waals surface area contributed by atoms with Gasteiger partial charge in [0, 0.05) is 31.2 Å². The van der Waals surface area contributed by atoms with Crippen LogP contribution in [0.5, 0.6) is 0 Å². The van der Waals surface area contributed by atoms with Gasteiger partial charge in [0.15, 0.2) is 11.6 Å². The molecule has 0 spiro atoms. The molecule has 5 nitrogen and oxygen atoms in total. The van der Waals surface area contributed by atoms with Gasteiger partial charge in [-0.05, 0) is 18.2 Å². The lowest BCUT2D eigenvalue weighted by molar-refractivity contribution is 0.0963. The van der Waals surface area contributed by atoms with Crippen LogP contribution in [0.4, 0.5) is 20.2 Å². The zero-order valence-electron chi connectivity index (χ0n) is 11.8. The first-order valence-corrected chi connectivity index (χ1v) is 6.49. The molecule has 1 aromatic carbocycles. The second-order valence-electron chi connectivity index (χ2n) is 4.29. The minimum atomic E-state index is -0.920. The van der Waals surface area contributed by atoms with Gasteiger partial charge in [-0.3, -0.25) is 14.8 Å². The van der Waals surface area contributed by atoms with E-state index in [1.807, 2.05) is 0 Å². The number of halogens is 2. The molecule has 0 saturated carbocycles. The first-order valence-electron chi connectivity index (χ1n) is 6.49. The molecule has 1 amide bonds. The molecule has 0 bridgehead atoms. The highest BCUT2D eigenvalue weighted by atomic mass is 19.2. The van der Waals surface area contributed by atoms with Crippen molar-refractivity contribution in [3.05, 3.63) is 53.9 Å². The van der Waals surface area contributed by atoms with Crippen LogP contribution in [0.2, 0.25) is 0 Å². The van der Waals surface area contributed by atoms with Crippen molar-refractivity contribution in [3.63, 3.8) is 0 Å². The summed E-state index contributed by atoms with van der Waals surface area (Å²) >= 11 is 0. The van der Waals surface area contributed by atoms with Crippen LogP contribution in [0, 0.1) is 11.6 Å². The Morgan fingerprint density at radius 3 is 2.86 bits per heavy atom.